The summed E-state index contributed by atoms with van der Waals surface area (Å²) in [4.78, 5) is 13.6. The van der Waals surface area contributed by atoms with Crippen molar-refractivity contribution in [2.24, 2.45) is 0 Å². The van der Waals surface area contributed by atoms with Crippen molar-refractivity contribution < 1.29 is 9.53 Å². The lowest BCUT2D eigenvalue weighted by Crippen LogP contribution is -2.47. The highest BCUT2D eigenvalue weighted by Crippen LogP contribution is 2.26. The van der Waals surface area contributed by atoms with Crippen molar-refractivity contribution in [1.29, 1.82) is 0 Å². The van der Waals surface area contributed by atoms with Crippen LogP contribution in [0.1, 0.15) is 26.7 Å². The van der Waals surface area contributed by atoms with Crippen LogP contribution in [0.15, 0.2) is 0 Å². The van der Waals surface area contributed by atoms with E-state index >= 15 is 0 Å². The molecule has 1 aliphatic heterocycles. The van der Waals surface area contributed by atoms with Crippen LogP contribution in [0.2, 0.25) is 0 Å². The molecule has 1 fully saturated rings. The van der Waals surface area contributed by atoms with E-state index in [-0.39, 0.29) is 10.7 Å². The summed E-state index contributed by atoms with van der Waals surface area (Å²) in [6.45, 7) is 5.91. The molecule has 4 heteroatoms. The van der Waals surface area contributed by atoms with Crippen LogP contribution in [0.4, 0.5) is 0 Å². The highest BCUT2D eigenvalue weighted by atomic mass is 32.2. The zero-order valence-corrected chi connectivity index (χ0v) is 11.9. The molecule has 0 aliphatic carbocycles. The summed E-state index contributed by atoms with van der Waals surface area (Å²) in [7, 11) is 1.73. The Hall–Kier alpha value is -0.500. The number of ether oxygens (including phenoxy) is 1. The van der Waals surface area contributed by atoms with Gasteiger partial charge in [-0.15, -0.1) is 0 Å². The molecule has 96 valence electrons. The first kappa shape index (κ1) is 14.6. The Morgan fingerprint density at radius 1 is 1.59 bits per heavy atom. The minimum Gasteiger partial charge on any atom is -0.383 e. The molecule has 17 heavy (non-hydrogen) atoms. The van der Waals surface area contributed by atoms with E-state index in [0.29, 0.717) is 6.04 Å². The third kappa shape index (κ3) is 4.02. The van der Waals surface area contributed by atoms with E-state index < -0.39 is 0 Å². The van der Waals surface area contributed by atoms with Crippen LogP contribution in [0.25, 0.3) is 0 Å². The number of rotatable bonds is 3. The van der Waals surface area contributed by atoms with Gasteiger partial charge in [0.1, 0.15) is 0 Å². The predicted molar refractivity (Wildman–Crippen MR) is 72.0 cm³/mol. The zero-order chi connectivity index (χ0) is 12.9. The molecule has 0 amide bonds. The molecular formula is C13H21NO2S. The van der Waals surface area contributed by atoms with Crippen LogP contribution in [0.3, 0.4) is 0 Å². The van der Waals surface area contributed by atoms with E-state index in [9.17, 15) is 4.79 Å². The van der Waals surface area contributed by atoms with Crippen LogP contribution in [0, 0.1) is 11.8 Å². The standard InChI is InChI=1S/C13H21NO2S/c1-13(2,8-7-12(15)17-4)14-9-5-6-11(14)10-16-3/h11H,5-6,9-10H2,1-4H3/t11-/m0/s1. The topological polar surface area (TPSA) is 29.5 Å². The second-order valence-corrected chi connectivity index (χ2v) is 5.52. The Morgan fingerprint density at radius 2 is 2.29 bits per heavy atom. The van der Waals surface area contributed by atoms with Gasteiger partial charge in [0.25, 0.3) is 5.12 Å². The Morgan fingerprint density at radius 3 is 2.88 bits per heavy atom. The second-order valence-electron chi connectivity index (χ2n) is 4.75. The van der Waals surface area contributed by atoms with Gasteiger partial charge in [-0.3, -0.25) is 9.69 Å². The molecule has 0 radical (unpaired) electrons. The summed E-state index contributed by atoms with van der Waals surface area (Å²) in [5, 5.41) is -0.0689. The van der Waals surface area contributed by atoms with Crippen LogP contribution in [-0.4, -0.2) is 48.1 Å². The highest BCUT2D eigenvalue weighted by molar-refractivity contribution is 8.13. The number of carbonyl (C=O) groups is 1. The molecule has 1 atom stereocenters. The minimum absolute atomic E-state index is 0.0689. The summed E-state index contributed by atoms with van der Waals surface area (Å²) in [6, 6.07) is 0.425. The Labute approximate surface area is 108 Å². The van der Waals surface area contributed by atoms with Crippen LogP contribution >= 0.6 is 11.8 Å². The molecule has 1 rings (SSSR count). The lowest BCUT2D eigenvalue weighted by atomic mass is 10.0. The fourth-order valence-corrected chi connectivity index (χ4v) is 2.42. The zero-order valence-electron chi connectivity index (χ0n) is 11.1. The van der Waals surface area contributed by atoms with Gasteiger partial charge in [-0.2, -0.15) is 0 Å². The molecule has 0 aromatic rings. The molecule has 0 saturated carbocycles. The molecule has 1 saturated heterocycles. The maximum atomic E-state index is 11.2. The van der Waals surface area contributed by atoms with E-state index in [1.54, 1.807) is 13.4 Å². The largest absolute Gasteiger partial charge is 0.383 e. The third-order valence-corrected chi connectivity index (χ3v) is 3.58. The van der Waals surface area contributed by atoms with Gasteiger partial charge in [0, 0.05) is 19.7 Å². The van der Waals surface area contributed by atoms with Crippen molar-refractivity contribution >= 4 is 16.9 Å². The SMILES string of the molecule is COC[C@@H]1CCCN1C(C)(C)C#CC(=O)SC. The fourth-order valence-electron chi connectivity index (χ4n) is 2.26. The van der Waals surface area contributed by atoms with Crippen molar-refractivity contribution in [3.05, 3.63) is 0 Å². The van der Waals surface area contributed by atoms with Gasteiger partial charge in [-0.1, -0.05) is 17.7 Å². The van der Waals surface area contributed by atoms with Crippen LogP contribution in [0.5, 0.6) is 0 Å². The lowest BCUT2D eigenvalue weighted by molar-refractivity contribution is -0.106. The van der Waals surface area contributed by atoms with Crippen molar-refractivity contribution in [2.75, 3.05) is 26.5 Å². The molecular weight excluding hydrogens is 234 g/mol. The summed E-state index contributed by atoms with van der Waals surface area (Å²) in [5.41, 5.74) is -0.259. The monoisotopic (exact) mass is 255 g/mol. The molecule has 0 bridgehead atoms. The number of methoxy groups -OCH3 is 1. The quantitative estimate of drug-likeness (QED) is 0.719. The first-order valence-corrected chi connectivity index (χ1v) is 7.10. The average molecular weight is 255 g/mol. The van der Waals surface area contributed by atoms with Crippen LogP contribution < -0.4 is 0 Å². The van der Waals surface area contributed by atoms with E-state index in [0.717, 1.165) is 31.3 Å². The number of likely N-dealkylation sites (tertiary alicyclic amines) is 1. The molecule has 1 heterocycles. The number of hydrogen-bond acceptors (Lipinski definition) is 4. The van der Waals surface area contributed by atoms with Gasteiger partial charge in [0.2, 0.25) is 0 Å². The molecule has 3 nitrogen and oxygen atoms in total. The molecule has 1 aliphatic rings. The first-order valence-electron chi connectivity index (χ1n) is 5.88. The van der Waals surface area contributed by atoms with Gasteiger partial charge in [-0.05, 0) is 38.9 Å². The van der Waals surface area contributed by atoms with E-state index in [1.165, 1.54) is 6.42 Å². The summed E-state index contributed by atoms with van der Waals surface area (Å²) < 4.78 is 5.24. The second kappa shape index (κ2) is 6.44. The van der Waals surface area contributed by atoms with Crippen molar-refractivity contribution in [3.8, 4) is 11.8 Å². The molecule has 0 unspecified atom stereocenters. The Balaban J connectivity index is 2.73. The van der Waals surface area contributed by atoms with E-state index in [4.69, 9.17) is 4.74 Å². The molecule has 0 N–H and O–H groups in total. The van der Waals surface area contributed by atoms with E-state index in [2.05, 4.69) is 30.6 Å². The highest BCUT2D eigenvalue weighted by Gasteiger charge is 2.34. The first-order chi connectivity index (χ1) is 8.01. The maximum Gasteiger partial charge on any atom is 0.262 e. The van der Waals surface area contributed by atoms with Crippen LogP contribution in [-0.2, 0) is 9.53 Å². The fraction of sp³-hybridized carbons (Fsp3) is 0.769. The molecule has 0 aromatic heterocycles. The predicted octanol–water partition coefficient (Wildman–Crippen LogP) is 1.77. The number of nitrogens with zero attached hydrogens (tertiary/aromatic N) is 1. The van der Waals surface area contributed by atoms with Gasteiger partial charge >= 0.3 is 0 Å². The van der Waals surface area contributed by atoms with E-state index in [1.807, 2.05) is 0 Å². The maximum absolute atomic E-state index is 11.2. The Kier molecular flexibility index (Phi) is 5.51. The third-order valence-electron chi connectivity index (χ3n) is 3.11. The van der Waals surface area contributed by atoms with Gasteiger partial charge in [0.05, 0.1) is 12.1 Å². The van der Waals surface area contributed by atoms with Crippen molar-refractivity contribution in [3.63, 3.8) is 0 Å². The summed E-state index contributed by atoms with van der Waals surface area (Å²) in [6.07, 6.45) is 4.08. The summed E-state index contributed by atoms with van der Waals surface area (Å²) in [5.74, 6) is 5.79. The number of thioether (sulfide) groups is 1. The van der Waals surface area contributed by atoms with Gasteiger partial charge in [-0.25, -0.2) is 0 Å². The normalized spacial score (nSPS) is 21.1. The smallest absolute Gasteiger partial charge is 0.262 e. The van der Waals surface area contributed by atoms with Gasteiger partial charge < -0.3 is 4.74 Å². The molecule has 0 spiro atoms. The minimum atomic E-state index is -0.259. The number of carbonyl (C=O) groups excluding carboxylic acids is 1. The van der Waals surface area contributed by atoms with Crippen molar-refractivity contribution in [1.82, 2.24) is 4.90 Å². The lowest BCUT2D eigenvalue weighted by Gasteiger charge is -2.35. The van der Waals surface area contributed by atoms with Gasteiger partial charge in [0.15, 0.2) is 0 Å². The molecule has 0 aromatic carbocycles. The summed E-state index contributed by atoms with van der Waals surface area (Å²) >= 11 is 1.16. The van der Waals surface area contributed by atoms with Crippen molar-refractivity contribution in [2.45, 2.75) is 38.3 Å². The number of hydrogen-bond donors (Lipinski definition) is 0. The average Bonchev–Trinajstić information content (AvgIpc) is 2.75. The Bertz CT molecular complexity index is 330.